The zero-order chi connectivity index (χ0) is 17.3. The van der Waals surface area contributed by atoms with Gasteiger partial charge < -0.3 is 0 Å². The standard InChI is InChI=1S/C15H10Cl6IO/c1-23-13-4-2-11(3-5-13)22-12-7-9(14(16,17)18)6-10(8-12)15(19,20)21/h2-8H,1H3/q-1. The molecule has 0 aliphatic heterocycles. The van der Waals surface area contributed by atoms with Crippen molar-refractivity contribution >= 4 is 69.6 Å². The van der Waals surface area contributed by atoms with E-state index >= 15 is 0 Å². The molecule has 8 heteroatoms. The molecule has 0 fully saturated rings. The summed E-state index contributed by atoms with van der Waals surface area (Å²) >= 11 is 35.4. The third-order valence-electron chi connectivity index (χ3n) is 2.82. The SMILES string of the molecule is COc1ccc([I-]c2cc(C(Cl)(Cl)Cl)cc(C(Cl)(Cl)Cl)c2)cc1. The fraction of sp³-hybridized carbons (Fsp3) is 0.200. The van der Waals surface area contributed by atoms with Gasteiger partial charge in [-0.05, 0) is 0 Å². The van der Waals surface area contributed by atoms with Crippen molar-refractivity contribution in [3.63, 3.8) is 0 Å². The molecular weight excluding hydrogens is 536 g/mol. The first-order valence-electron chi connectivity index (χ1n) is 6.18. The molecule has 126 valence electrons. The molecule has 0 heterocycles. The Labute approximate surface area is 175 Å². The summed E-state index contributed by atoms with van der Waals surface area (Å²) in [6.07, 6.45) is 0. The summed E-state index contributed by atoms with van der Waals surface area (Å²) in [7, 11) is 1.63. The molecule has 0 aliphatic rings. The Morgan fingerprint density at radius 1 is 0.739 bits per heavy atom. The molecule has 0 bridgehead atoms. The molecule has 0 unspecified atom stereocenters. The summed E-state index contributed by atoms with van der Waals surface area (Å²) in [4.78, 5) is 0. The van der Waals surface area contributed by atoms with Crippen LogP contribution < -0.4 is 25.9 Å². The van der Waals surface area contributed by atoms with E-state index in [-0.39, 0.29) is 0 Å². The number of benzene rings is 2. The molecule has 2 aromatic rings. The van der Waals surface area contributed by atoms with Crippen molar-refractivity contribution in [3.05, 3.63) is 60.7 Å². The van der Waals surface area contributed by atoms with E-state index in [0.717, 1.165) is 9.32 Å². The second-order valence-electron chi connectivity index (χ2n) is 4.48. The van der Waals surface area contributed by atoms with Gasteiger partial charge in [0.2, 0.25) is 0 Å². The molecule has 0 atom stereocenters. The van der Waals surface area contributed by atoms with Crippen LogP contribution in [0.15, 0.2) is 42.5 Å². The monoisotopic (exact) mass is 543 g/mol. The third-order valence-corrected chi connectivity index (χ3v) is 6.72. The summed E-state index contributed by atoms with van der Waals surface area (Å²) in [5, 5.41) is 0. The molecule has 0 saturated carbocycles. The van der Waals surface area contributed by atoms with Gasteiger partial charge in [0.15, 0.2) is 0 Å². The first-order chi connectivity index (χ1) is 10.6. The number of methoxy groups -OCH3 is 1. The van der Waals surface area contributed by atoms with Gasteiger partial charge in [-0.15, -0.1) is 0 Å². The average molecular weight is 546 g/mol. The molecule has 0 radical (unpaired) electrons. The van der Waals surface area contributed by atoms with Crippen LogP contribution in [0.5, 0.6) is 5.75 Å². The molecule has 1 nitrogen and oxygen atoms in total. The molecule has 0 aromatic heterocycles. The molecular formula is C15H10Cl6IO-. The van der Waals surface area contributed by atoms with Crippen molar-refractivity contribution in [2.75, 3.05) is 7.11 Å². The van der Waals surface area contributed by atoms with E-state index in [1.807, 2.05) is 36.4 Å². The van der Waals surface area contributed by atoms with Gasteiger partial charge in [0.05, 0.1) is 0 Å². The molecule has 2 rings (SSSR count). The number of hydrogen-bond acceptors (Lipinski definition) is 1. The topological polar surface area (TPSA) is 9.23 Å². The van der Waals surface area contributed by atoms with E-state index in [4.69, 9.17) is 74.3 Å². The Morgan fingerprint density at radius 2 is 1.22 bits per heavy atom. The van der Waals surface area contributed by atoms with Gasteiger partial charge in [-0.2, -0.15) is 0 Å². The number of ether oxygens (including phenoxy) is 1. The van der Waals surface area contributed by atoms with Crippen LogP contribution in [0.1, 0.15) is 11.1 Å². The van der Waals surface area contributed by atoms with Gasteiger partial charge in [0.25, 0.3) is 0 Å². The van der Waals surface area contributed by atoms with Crippen molar-refractivity contribution in [2.45, 2.75) is 7.59 Å². The van der Waals surface area contributed by atoms with Crippen LogP contribution in [0.3, 0.4) is 0 Å². The van der Waals surface area contributed by atoms with Crippen LogP contribution >= 0.6 is 69.6 Å². The van der Waals surface area contributed by atoms with Crippen molar-refractivity contribution in [3.8, 4) is 5.75 Å². The van der Waals surface area contributed by atoms with Gasteiger partial charge in [-0.3, -0.25) is 0 Å². The summed E-state index contributed by atoms with van der Waals surface area (Å²) in [5.41, 5.74) is 0.962. The Bertz CT molecular complexity index is 644. The second-order valence-corrected chi connectivity index (χ2v) is 12.1. The van der Waals surface area contributed by atoms with Gasteiger partial charge >= 0.3 is 177 Å². The minimum absolute atomic E-state index is 0.481. The van der Waals surface area contributed by atoms with E-state index in [0.29, 0.717) is 11.1 Å². The number of rotatable bonds is 3. The van der Waals surface area contributed by atoms with Crippen LogP contribution in [0, 0.1) is 7.14 Å². The molecule has 23 heavy (non-hydrogen) atoms. The predicted octanol–water partition coefficient (Wildman–Crippen LogP) is 3.48. The third kappa shape index (κ3) is 5.88. The zero-order valence-corrected chi connectivity index (χ0v) is 18.3. The summed E-state index contributed by atoms with van der Waals surface area (Å²) in [5.74, 6) is 0.801. The zero-order valence-electron chi connectivity index (χ0n) is 11.6. The first kappa shape index (κ1) is 20.0. The Kier molecular flexibility index (Phi) is 6.92. The maximum absolute atomic E-state index is 5.99. The van der Waals surface area contributed by atoms with Gasteiger partial charge in [-0.25, -0.2) is 0 Å². The predicted molar refractivity (Wildman–Crippen MR) is 95.3 cm³/mol. The quantitative estimate of drug-likeness (QED) is 0.424. The molecule has 0 amide bonds. The van der Waals surface area contributed by atoms with Crippen molar-refractivity contribution in [1.82, 2.24) is 0 Å². The Morgan fingerprint density at radius 3 is 1.61 bits per heavy atom. The van der Waals surface area contributed by atoms with Gasteiger partial charge in [-0.1, -0.05) is 0 Å². The van der Waals surface area contributed by atoms with Crippen LogP contribution in [-0.2, 0) is 7.59 Å². The number of alkyl halides is 6. The molecule has 0 aliphatic carbocycles. The summed E-state index contributed by atoms with van der Waals surface area (Å²) in [6, 6.07) is 13.1. The van der Waals surface area contributed by atoms with E-state index in [1.165, 1.54) is 3.57 Å². The van der Waals surface area contributed by atoms with Crippen LogP contribution in [0.2, 0.25) is 0 Å². The van der Waals surface area contributed by atoms with E-state index in [9.17, 15) is 0 Å². The second kappa shape index (κ2) is 7.94. The van der Waals surface area contributed by atoms with Crippen LogP contribution in [-0.4, -0.2) is 7.11 Å². The molecule has 2 aromatic carbocycles. The fourth-order valence-electron chi connectivity index (χ4n) is 1.73. The van der Waals surface area contributed by atoms with E-state index in [1.54, 1.807) is 13.2 Å². The molecule has 0 saturated heterocycles. The van der Waals surface area contributed by atoms with Crippen LogP contribution in [0.25, 0.3) is 0 Å². The normalized spacial score (nSPS) is 12.5. The average Bonchev–Trinajstić information content (AvgIpc) is 2.46. The minimum atomic E-state index is -1.58. The van der Waals surface area contributed by atoms with Crippen molar-refractivity contribution in [2.24, 2.45) is 0 Å². The molecule has 0 N–H and O–H groups in total. The number of halogens is 7. The molecule has 0 spiro atoms. The number of hydrogen-bond donors (Lipinski definition) is 0. The Hall–Kier alpha value is 0.710. The summed E-state index contributed by atoms with van der Waals surface area (Å²) < 4.78 is 4.15. The van der Waals surface area contributed by atoms with Crippen LogP contribution in [0.4, 0.5) is 0 Å². The van der Waals surface area contributed by atoms with E-state index in [2.05, 4.69) is 0 Å². The fourth-order valence-corrected chi connectivity index (χ4v) is 4.81. The van der Waals surface area contributed by atoms with Crippen molar-refractivity contribution < 1.29 is 25.9 Å². The Balaban J connectivity index is 2.40. The first-order valence-corrected chi connectivity index (χ1v) is 10.6. The van der Waals surface area contributed by atoms with Crippen molar-refractivity contribution in [1.29, 1.82) is 0 Å². The van der Waals surface area contributed by atoms with Gasteiger partial charge in [0, 0.05) is 0 Å². The maximum atomic E-state index is 5.99. The van der Waals surface area contributed by atoms with E-state index < -0.39 is 28.8 Å². The van der Waals surface area contributed by atoms with Gasteiger partial charge in [0.1, 0.15) is 0 Å². The summed E-state index contributed by atoms with van der Waals surface area (Å²) in [6.45, 7) is 0.